The van der Waals surface area contributed by atoms with Crippen LogP contribution in [0.5, 0.6) is 0 Å². The number of unbranched alkanes of at least 4 members (excludes halogenated alkanes) is 1. The van der Waals surface area contributed by atoms with E-state index in [1.165, 1.54) is 12.3 Å². The molecular formula is C16H22ClFN4O. The van der Waals surface area contributed by atoms with Crippen LogP contribution in [-0.2, 0) is 0 Å². The minimum atomic E-state index is -0.401. The molecule has 0 saturated heterocycles. The summed E-state index contributed by atoms with van der Waals surface area (Å²) in [7, 11) is 0. The van der Waals surface area contributed by atoms with E-state index in [1.807, 2.05) is 0 Å². The number of carbonyl (C=O) groups excluding carboxylic acids is 1. The van der Waals surface area contributed by atoms with E-state index in [0.29, 0.717) is 23.4 Å². The molecule has 0 bridgehead atoms. The van der Waals surface area contributed by atoms with E-state index in [4.69, 9.17) is 5.73 Å². The summed E-state index contributed by atoms with van der Waals surface area (Å²) in [6.07, 6.45) is 4.27. The van der Waals surface area contributed by atoms with Crippen LogP contribution in [0.2, 0.25) is 0 Å². The predicted octanol–water partition coefficient (Wildman–Crippen LogP) is 2.88. The van der Waals surface area contributed by atoms with Gasteiger partial charge in [-0.1, -0.05) is 31.9 Å². The number of halogens is 2. The third kappa shape index (κ3) is 4.77. The number of nitrogens with one attached hydrogen (secondary N) is 2. The van der Waals surface area contributed by atoms with Crippen molar-refractivity contribution in [3.05, 3.63) is 41.8 Å². The van der Waals surface area contributed by atoms with E-state index in [0.717, 1.165) is 19.3 Å². The lowest BCUT2D eigenvalue weighted by Crippen LogP contribution is -2.40. The molecule has 0 aliphatic carbocycles. The Morgan fingerprint density at radius 1 is 1.43 bits per heavy atom. The van der Waals surface area contributed by atoms with Gasteiger partial charge in [-0.2, -0.15) is 5.10 Å². The maximum Gasteiger partial charge on any atom is 0.255 e. The van der Waals surface area contributed by atoms with E-state index in [1.54, 1.807) is 18.2 Å². The molecule has 23 heavy (non-hydrogen) atoms. The monoisotopic (exact) mass is 340 g/mol. The quantitative estimate of drug-likeness (QED) is 0.724. The third-order valence-corrected chi connectivity index (χ3v) is 3.55. The van der Waals surface area contributed by atoms with Crippen LogP contribution in [0.3, 0.4) is 0 Å². The Morgan fingerprint density at radius 3 is 2.83 bits per heavy atom. The summed E-state index contributed by atoms with van der Waals surface area (Å²) >= 11 is 0. The van der Waals surface area contributed by atoms with Gasteiger partial charge in [0.25, 0.3) is 5.91 Å². The van der Waals surface area contributed by atoms with Crippen molar-refractivity contribution in [3.63, 3.8) is 0 Å². The number of amides is 1. The summed E-state index contributed by atoms with van der Waals surface area (Å²) in [6.45, 7) is 2.46. The number of H-pyrrole nitrogens is 1. The summed E-state index contributed by atoms with van der Waals surface area (Å²) in [5.74, 6) is -0.694. The number of hydrogen-bond acceptors (Lipinski definition) is 3. The normalized spacial score (nSPS) is 11.6. The molecule has 2 rings (SSSR count). The van der Waals surface area contributed by atoms with Crippen molar-refractivity contribution in [2.75, 3.05) is 6.54 Å². The summed E-state index contributed by atoms with van der Waals surface area (Å²) in [6, 6.07) is 6.18. The number of benzene rings is 1. The van der Waals surface area contributed by atoms with Crippen molar-refractivity contribution < 1.29 is 9.18 Å². The maximum absolute atomic E-state index is 13.9. The maximum atomic E-state index is 13.9. The number of hydrogen-bond donors (Lipinski definition) is 3. The van der Waals surface area contributed by atoms with Crippen LogP contribution >= 0.6 is 12.4 Å². The molecule has 0 fully saturated rings. The zero-order valence-electron chi connectivity index (χ0n) is 13.0. The minimum Gasteiger partial charge on any atom is -0.348 e. The van der Waals surface area contributed by atoms with Gasteiger partial charge in [-0.25, -0.2) is 4.39 Å². The Morgan fingerprint density at radius 2 is 2.17 bits per heavy atom. The van der Waals surface area contributed by atoms with Crippen LogP contribution in [0.4, 0.5) is 4.39 Å². The molecular weight excluding hydrogens is 319 g/mol. The molecule has 4 N–H and O–H groups in total. The average Bonchev–Trinajstić information content (AvgIpc) is 3.01. The predicted molar refractivity (Wildman–Crippen MR) is 91.1 cm³/mol. The van der Waals surface area contributed by atoms with Crippen molar-refractivity contribution in [3.8, 4) is 11.3 Å². The van der Waals surface area contributed by atoms with Gasteiger partial charge >= 0.3 is 0 Å². The number of rotatable bonds is 7. The second-order valence-electron chi connectivity index (χ2n) is 5.19. The lowest BCUT2D eigenvalue weighted by molar-refractivity contribution is 0.0936. The van der Waals surface area contributed by atoms with Crippen LogP contribution in [0.15, 0.2) is 30.5 Å². The molecule has 1 aromatic heterocycles. The van der Waals surface area contributed by atoms with Gasteiger partial charge in [0.05, 0.1) is 17.5 Å². The summed E-state index contributed by atoms with van der Waals surface area (Å²) in [5.41, 5.74) is 6.71. The van der Waals surface area contributed by atoms with Gasteiger partial charge in [-0.05, 0) is 18.6 Å². The van der Waals surface area contributed by atoms with Crippen LogP contribution in [-0.4, -0.2) is 28.7 Å². The zero-order valence-corrected chi connectivity index (χ0v) is 13.8. The minimum absolute atomic E-state index is 0. The van der Waals surface area contributed by atoms with Gasteiger partial charge in [0, 0.05) is 18.2 Å². The molecule has 0 radical (unpaired) electrons. The van der Waals surface area contributed by atoms with Crippen LogP contribution in [0.25, 0.3) is 11.3 Å². The number of aromatic amines is 1. The van der Waals surface area contributed by atoms with E-state index in [-0.39, 0.29) is 24.4 Å². The molecule has 1 amide bonds. The smallest absolute Gasteiger partial charge is 0.255 e. The van der Waals surface area contributed by atoms with E-state index >= 15 is 0 Å². The molecule has 1 atom stereocenters. The first-order valence-corrected chi connectivity index (χ1v) is 7.46. The molecule has 7 heteroatoms. The highest BCUT2D eigenvalue weighted by atomic mass is 35.5. The highest BCUT2D eigenvalue weighted by Gasteiger charge is 2.19. The number of carbonyl (C=O) groups is 1. The second-order valence-corrected chi connectivity index (χ2v) is 5.19. The van der Waals surface area contributed by atoms with Crippen LogP contribution in [0, 0.1) is 5.82 Å². The lowest BCUT2D eigenvalue weighted by Gasteiger charge is -2.16. The zero-order chi connectivity index (χ0) is 15.9. The van der Waals surface area contributed by atoms with Crippen LogP contribution < -0.4 is 11.1 Å². The first-order chi connectivity index (χ1) is 10.7. The van der Waals surface area contributed by atoms with Gasteiger partial charge in [0.1, 0.15) is 5.82 Å². The standard InChI is InChI=1S/C16H21FN4O.ClH/c1-2-3-6-11(9-18)20-16(22)13-10-19-21-15(13)12-7-4-5-8-14(12)17;/h4-5,7-8,10-11H,2-3,6,9,18H2,1H3,(H,19,21)(H,20,22);1H. The average molecular weight is 341 g/mol. The van der Waals surface area contributed by atoms with E-state index < -0.39 is 5.82 Å². The molecule has 2 aromatic rings. The fourth-order valence-corrected chi connectivity index (χ4v) is 2.29. The van der Waals surface area contributed by atoms with Crippen molar-refractivity contribution in [1.29, 1.82) is 0 Å². The number of nitrogens with two attached hydrogens (primary N) is 1. The topological polar surface area (TPSA) is 83.8 Å². The summed E-state index contributed by atoms with van der Waals surface area (Å²) in [5, 5.41) is 9.46. The molecule has 1 aromatic carbocycles. The second kappa shape index (κ2) is 9.27. The Bertz CT molecular complexity index is 632. The molecule has 0 spiro atoms. The van der Waals surface area contributed by atoms with Gasteiger partial charge in [0.2, 0.25) is 0 Å². The highest BCUT2D eigenvalue weighted by Crippen LogP contribution is 2.23. The first-order valence-electron chi connectivity index (χ1n) is 7.46. The van der Waals surface area contributed by atoms with Gasteiger partial charge in [-0.15, -0.1) is 12.4 Å². The fraction of sp³-hybridized carbons (Fsp3) is 0.375. The molecule has 0 aliphatic rings. The Balaban J connectivity index is 0.00000264. The molecule has 1 heterocycles. The summed E-state index contributed by atoms with van der Waals surface area (Å²) in [4.78, 5) is 12.4. The van der Waals surface area contributed by atoms with Crippen molar-refractivity contribution >= 4 is 18.3 Å². The number of aromatic nitrogens is 2. The highest BCUT2D eigenvalue weighted by molar-refractivity contribution is 5.99. The fourth-order valence-electron chi connectivity index (χ4n) is 2.29. The SMILES string of the molecule is CCCCC(CN)NC(=O)c1cn[nH]c1-c1ccccc1F.Cl. The van der Waals surface area contributed by atoms with E-state index in [9.17, 15) is 9.18 Å². The molecule has 0 saturated carbocycles. The van der Waals surface area contributed by atoms with Gasteiger partial charge in [0.15, 0.2) is 0 Å². The molecule has 1 unspecified atom stereocenters. The number of nitrogens with zero attached hydrogens (tertiary/aromatic N) is 1. The Labute approximate surface area is 141 Å². The lowest BCUT2D eigenvalue weighted by atomic mass is 10.1. The van der Waals surface area contributed by atoms with Gasteiger partial charge in [-0.3, -0.25) is 9.89 Å². The molecule has 5 nitrogen and oxygen atoms in total. The van der Waals surface area contributed by atoms with Crippen molar-refractivity contribution in [2.24, 2.45) is 5.73 Å². The first kappa shape index (κ1) is 19.1. The van der Waals surface area contributed by atoms with Crippen LogP contribution in [0.1, 0.15) is 36.5 Å². The van der Waals surface area contributed by atoms with Gasteiger partial charge < -0.3 is 11.1 Å². The Kier molecular flexibility index (Phi) is 7.71. The molecule has 0 aliphatic heterocycles. The van der Waals surface area contributed by atoms with Crippen molar-refractivity contribution in [1.82, 2.24) is 15.5 Å². The Hall–Kier alpha value is -1.92. The van der Waals surface area contributed by atoms with E-state index in [2.05, 4.69) is 22.4 Å². The van der Waals surface area contributed by atoms with Crippen molar-refractivity contribution in [2.45, 2.75) is 32.2 Å². The summed E-state index contributed by atoms with van der Waals surface area (Å²) < 4.78 is 13.9. The molecule has 126 valence electrons. The largest absolute Gasteiger partial charge is 0.348 e. The third-order valence-electron chi connectivity index (χ3n) is 3.55.